The molecule has 2 spiro atoms. The molecule has 3 saturated carbocycles. The molecule has 70 valence electrons. The zero-order chi connectivity index (χ0) is 8.59. The molecule has 0 aromatic rings. The van der Waals surface area contributed by atoms with Gasteiger partial charge in [0.15, 0.2) is 0 Å². The summed E-state index contributed by atoms with van der Waals surface area (Å²) in [6.07, 6.45) is 2.87. The molecule has 13 heavy (non-hydrogen) atoms. The van der Waals surface area contributed by atoms with Gasteiger partial charge in [-0.3, -0.25) is 4.90 Å². The van der Waals surface area contributed by atoms with E-state index in [0.29, 0.717) is 23.6 Å². The van der Waals surface area contributed by atoms with Gasteiger partial charge in [0.25, 0.3) is 0 Å². The van der Waals surface area contributed by atoms with Gasteiger partial charge in [0, 0.05) is 17.9 Å². The Balaban J connectivity index is 1.62. The van der Waals surface area contributed by atoms with Gasteiger partial charge in [0.1, 0.15) is 5.60 Å². The van der Waals surface area contributed by atoms with E-state index in [-0.39, 0.29) is 11.7 Å². The number of hydrogen-bond donors (Lipinski definition) is 1. The molecule has 2 saturated heterocycles. The smallest absolute Gasteiger partial charge is 0.119 e. The van der Waals surface area contributed by atoms with E-state index in [0.717, 1.165) is 12.3 Å². The molecule has 0 bridgehead atoms. The third kappa shape index (κ3) is 0.334. The third-order valence-corrected chi connectivity index (χ3v) is 5.69. The number of rotatable bonds is 0. The lowest BCUT2D eigenvalue weighted by molar-refractivity contribution is -0.298. The zero-order valence-corrected chi connectivity index (χ0v) is 7.60. The summed E-state index contributed by atoms with van der Waals surface area (Å²) in [5.41, 5.74) is 0.564. The van der Waals surface area contributed by atoms with Crippen molar-refractivity contribution in [2.75, 3.05) is 7.05 Å². The van der Waals surface area contributed by atoms with E-state index in [1.54, 1.807) is 0 Å². The van der Waals surface area contributed by atoms with E-state index in [1.165, 1.54) is 6.42 Å². The molecule has 7 atom stereocenters. The number of aliphatic hydroxyl groups is 1. The summed E-state index contributed by atoms with van der Waals surface area (Å²) in [7, 11) is 2.22. The van der Waals surface area contributed by atoms with Crippen LogP contribution in [0.15, 0.2) is 0 Å². The van der Waals surface area contributed by atoms with Crippen LogP contribution in [0.5, 0.6) is 0 Å². The van der Waals surface area contributed by atoms with Crippen LogP contribution in [-0.2, 0) is 4.74 Å². The molecular formula is C10H13NO2. The number of likely N-dealkylation sites (tertiary alicyclic amines) is 1. The molecule has 0 amide bonds. The highest BCUT2D eigenvalue weighted by molar-refractivity contribution is 5.52. The first kappa shape index (κ1) is 6.38. The lowest BCUT2D eigenvalue weighted by atomic mass is 9.47. The minimum absolute atomic E-state index is 0.0259. The number of fused-ring (bicyclic) bond motifs is 3. The highest BCUT2D eigenvalue weighted by Gasteiger charge is 3.02. The molecule has 2 heterocycles. The van der Waals surface area contributed by atoms with Crippen molar-refractivity contribution in [1.29, 1.82) is 0 Å². The number of likely N-dealkylation sites (N-methyl/N-ethyl adjacent to an activating group) is 1. The quantitative estimate of drug-likeness (QED) is 0.514. The predicted octanol–water partition coefficient (Wildman–Crippen LogP) is -0.409. The van der Waals surface area contributed by atoms with Gasteiger partial charge in [0.05, 0.1) is 17.7 Å². The van der Waals surface area contributed by atoms with Crippen molar-refractivity contribution in [3.8, 4) is 0 Å². The minimum atomic E-state index is -0.0259. The molecule has 5 aliphatic rings. The van der Waals surface area contributed by atoms with Crippen molar-refractivity contribution in [2.45, 2.75) is 42.2 Å². The van der Waals surface area contributed by atoms with Crippen LogP contribution in [0.3, 0.4) is 0 Å². The van der Waals surface area contributed by atoms with Crippen molar-refractivity contribution in [3.05, 3.63) is 0 Å². The van der Waals surface area contributed by atoms with Crippen molar-refractivity contribution < 1.29 is 9.84 Å². The number of piperidine rings is 1. The van der Waals surface area contributed by atoms with Crippen LogP contribution in [0.4, 0.5) is 0 Å². The van der Waals surface area contributed by atoms with Gasteiger partial charge in [-0.2, -0.15) is 0 Å². The summed E-state index contributed by atoms with van der Waals surface area (Å²) in [4.78, 5) is 2.49. The van der Waals surface area contributed by atoms with Gasteiger partial charge < -0.3 is 9.84 Å². The topological polar surface area (TPSA) is 36.0 Å². The number of ether oxygens (including phenoxy) is 1. The Hall–Kier alpha value is -0.120. The second-order valence-corrected chi connectivity index (χ2v) is 5.57. The Morgan fingerprint density at radius 1 is 1.54 bits per heavy atom. The normalized spacial score (nSPS) is 81.2. The molecule has 0 aromatic carbocycles. The molecule has 3 nitrogen and oxygen atoms in total. The van der Waals surface area contributed by atoms with Crippen LogP contribution in [0.2, 0.25) is 0 Å². The van der Waals surface area contributed by atoms with Crippen LogP contribution in [0.1, 0.15) is 12.8 Å². The van der Waals surface area contributed by atoms with E-state index >= 15 is 0 Å². The van der Waals surface area contributed by atoms with Crippen molar-refractivity contribution in [3.63, 3.8) is 0 Å². The standard InChI is InChI=1S/C10H13NO2/c1-11-5-2-6(12)7(5)9(11)3-4-8-10(4,9)13-8/h4-8,12H,2-3H2,1H3/t4?,5?,6-,7?,8?,9?,10?/m0/s1. The third-order valence-electron chi connectivity index (χ3n) is 5.69. The number of aliphatic hydroxyl groups excluding tert-OH is 1. The van der Waals surface area contributed by atoms with Crippen molar-refractivity contribution in [1.82, 2.24) is 4.90 Å². The first-order valence-corrected chi connectivity index (χ1v) is 5.32. The Bertz CT molecular complexity index is 340. The molecule has 5 rings (SSSR count). The maximum atomic E-state index is 9.74. The van der Waals surface area contributed by atoms with Crippen LogP contribution in [0.25, 0.3) is 0 Å². The average molecular weight is 179 g/mol. The van der Waals surface area contributed by atoms with Gasteiger partial charge in [-0.15, -0.1) is 0 Å². The SMILES string of the molecule is CN1C2C[C@H](O)C2C12CC1C3OC132. The fourth-order valence-electron chi connectivity index (χ4n) is 4.87. The number of epoxide rings is 1. The van der Waals surface area contributed by atoms with Gasteiger partial charge in [-0.1, -0.05) is 0 Å². The molecule has 2 aliphatic heterocycles. The molecular weight excluding hydrogens is 166 g/mol. The molecule has 0 radical (unpaired) electrons. The summed E-state index contributed by atoms with van der Waals surface area (Å²) in [5, 5.41) is 9.74. The summed E-state index contributed by atoms with van der Waals surface area (Å²) in [6.45, 7) is 0. The maximum Gasteiger partial charge on any atom is 0.119 e. The van der Waals surface area contributed by atoms with Gasteiger partial charge >= 0.3 is 0 Å². The zero-order valence-electron chi connectivity index (χ0n) is 7.60. The first-order chi connectivity index (χ1) is 6.23. The van der Waals surface area contributed by atoms with Crippen molar-refractivity contribution >= 4 is 0 Å². The van der Waals surface area contributed by atoms with Gasteiger partial charge in [0.2, 0.25) is 0 Å². The number of hydrogen-bond acceptors (Lipinski definition) is 3. The fourth-order valence-corrected chi connectivity index (χ4v) is 4.87. The predicted molar refractivity (Wildman–Crippen MR) is 44.1 cm³/mol. The summed E-state index contributed by atoms with van der Waals surface area (Å²) < 4.78 is 5.67. The average Bonchev–Trinajstić information content (AvgIpc) is 2.92. The second-order valence-electron chi connectivity index (χ2n) is 5.57. The van der Waals surface area contributed by atoms with Crippen LogP contribution < -0.4 is 0 Å². The van der Waals surface area contributed by atoms with Crippen LogP contribution in [0, 0.1) is 11.8 Å². The highest BCUT2D eigenvalue weighted by atomic mass is 16.7. The fraction of sp³-hybridized carbons (Fsp3) is 1.00. The summed E-state index contributed by atoms with van der Waals surface area (Å²) >= 11 is 0. The second kappa shape index (κ2) is 1.30. The van der Waals surface area contributed by atoms with Gasteiger partial charge in [-0.25, -0.2) is 0 Å². The summed E-state index contributed by atoms with van der Waals surface area (Å²) in [5.74, 6) is 1.44. The first-order valence-electron chi connectivity index (χ1n) is 5.32. The lowest BCUT2D eigenvalue weighted by Crippen LogP contribution is -2.87. The lowest BCUT2D eigenvalue weighted by Gasteiger charge is -2.74. The molecule has 1 N–H and O–H groups in total. The Kier molecular flexibility index (Phi) is 0.638. The van der Waals surface area contributed by atoms with Gasteiger partial charge in [-0.05, 0) is 19.9 Å². The largest absolute Gasteiger partial charge is 0.393 e. The molecule has 6 unspecified atom stereocenters. The highest BCUT2D eigenvalue weighted by Crippen LogP contribution is 2.88. The Labute approximate surface area is 76.7 Å². The molecule has 3 heteroatoms. The Morgan fingerprint density at radius 3 is 2.85 bits per heavy atom. The van der Waals surface area contributed by atoms with E-state index < -0.39 is 0 Å². The molecule has 3 aliphatic carbocycles. The van der Waals surface area contributed by atoms with Crippen LogP contribution >= 0.6 is 0 Å². The molecule has 5 fully saturated rings. The van der Waals surface area contributed by atoms with E-state index in [4.69, 9.17) is 4.74 Å². The Morgan fingerprint density at radius 2 is 2.38 bits per heavy atom. The number of nitrogens with zero attached hydrogens (tertiary/aromatic N) is 1. The van der Waals surface area contributed by atoms with E-state index in [2.05, 4.69) is 11.9 Å². The van der Waals surface area contributed by atoms with Crippen molar-refractivity contribution in [2.24, 2.45) is 11.8 Å². The minimum Gasteiger partial charge on any atom is -0.393 e. The van der Waals surface area contributed by atoms with E-state index in [1.807, 2.05) is 0 Å². The maximum absolute atomic E-state index is 9.74. The summed E-state index contributed by atoms with van der Waals surface area (Å²) in [6, 6.07) is 0.677. The monoisotopic (exact) mass is 179 g/mol. The molecule has 0 aromatic heterocycles. The van der Waals surface area contributed by atoms with E-state index in [9.17, 15) is 5.11 Å². The van der Waals surface area contributed by atoms with Crippen LogP contribution in [-0.4, -0.2) is 46.4 Å².